The zero-order valence-corrected chi connectivity index (χ0v) is 32.2. The quantitative estimate of drug-likeness (QED) is 0.0517. The molecule has 46 heavy (non-hydrogen) atoms. The molecular formula is C43H86N2O. The van der Waals surface area contributed by atoms with E-state index in [1.54, 1.807) is 0 Å². The van der Waals surface area contributed by atoms with Gasteiger partial charge in [-0.25, -0.2) is 0 Å². The normalized spacial score (nSPS) is 13.5. The molecule has 0 bridgehead atoms. The second-order valence-corrected chi connectivity index (χ2v) is 14.8. The van der Waals surface area contributed by atoms with Crippen LogP contribution in [0.5, 0.6) is 0 Å². The molecular weight excluding hydrogens is 560 g/mol. The van der Waals surface area contributed by atoms with Crippen LogP contribution in [0.4, 0.5) is 0 Å². The fourth-order valence-corrected chi connectivity index (χ4v) is 6.51. The average Bonchev–Trinajstić information content (AvgIpc) is 3.05. The van der Waals surface area contributed by atoms with Crippen molar-refractivity contribution >= 4 is 0 Å². The summed E-state index contributed by atoms with van der Waals surface area (Å²) < 4.78 is 0. The minimum absolute atomic E-state index is 0.147. The molecule has 0 aliphatic carbocycles. The number of nitrogens with one attached hydrogen (secondary N) is 1. The molecule has 3 heteroatoms. The van der Waals surface area contributed by atoms with Gasteiger partial charge in [0, 0.05) is 19.6 Å². The third-order valence-corrected chi connectivity index (χ3v) is 9.78. The maximum atomic E-state index is 11.1. The topological polar surface area (TPSA) is 35.5 Å². The zero-order valence-electron chi connectivity index (χ0n) is 32.2. The Bertz CT molecular complexity index is 616. The Balaban J connectivity index is 3.89. The molecule has 0 aromatic heterocycles. The molecule has 274 valence electrons. The van der Waals surface area contributed by atoms with Crippen molar-refractivity contribution in [3.8, 4) is 0 Å². The molecule has 2 N–H and O–H groups in total. The molecule has 0 aliphatic rings. The first-order chi connectivity index (χ1) is 22.6. The van der Waals surface area contributed by atoms with Crippen molar-refractivity contribution in [2.45, 2.75) is 213 Å². The first kappa shape index (κ1) is 45.4. The van der Waals surface area contributed by atoms with E-state index in [2.05, 4.69) is 62.5 Å². The number of likely N-dealkylation sites (N-methyl/N-ethyl adjacent to an activating group) is 1. The summed E-state index contributed by atoms with van der Waals surface area (Å²) in [5, 5.41) is 14.7. The van der Waals surface area contributed by atoms with Crippen molar-refractivity contribution in [1.29, 1.82) is 0 Å². The van der Waals surface area contributed by atoms with Gasteiger partial charge in [-0.1, -0.05) is 167 Å². The molecule has 0 aromatic carbocycles. The highest BCUT2D eigenvalue weighted by Gasteiger charge is 2.18. The molecule has 0 aromatic rings. The lowest BCUT2D eigenvalue weighted by atomic mass is 9.91. The zero-order chi connectivity index (χ0) is 33.6. The smallest absolute Gasteiger partial charge is 0.0580 e. The van der Waals surface area contributed by atoms with E-state index >= 15 is 0 Å². The van der Waals surface area contributed by atoms with Crippen LogP contribution in [0.3, 0.4) is 0 Å². The molecule has 0 radical (unpaired) electrons. The van der Waals surface area contributed by atoms with Gasteiger partial charge in [0.05, 0.1) is 6.10 Å². The standard InChI is InChI=1S/C43H86N2O/c1-5-7-9-11-13-15-17-19-21-23-25-27-29-31-33-35-37-42(41-44-39-40-45(3)4)43(46)38-36-34-32-30-28-26-24-22-20-18-16-14-12-10-8-6-2/h19-22,42-44,46H,5-18,23-41H2,1-4H3/b21-19-,22-20-. The largest absolute Gasteiger partial charge is 0.393 e. The Morgan fingerprint density at radius 3 is 1.22 bits per heavy atom. The summed E-state index contributed by atoms with van der Waals surface area (Å²) >= 11 is 0. The number of hydrogen-bond donors (Lipinski definition) is 2. The van der Waals surface area contributed by atoms with Crippen molar-refractivity contribution in [3.05, 3.63) is 24.3 Å². The van der Waals surface area contributed by atoms with Crippen LogP contribution in [0.1, 0.15) is 206 Å². The van der Waals surface area contributed by atoms with Gasteiger partial charge in [0.1, 0.15) is 0 Å². The van der Waals surface area contributed by atoms with Crippen LogP contribution in [0.2, 0.25) is 0 Å². The first-order valence-corrected chi connectivity index (χ1v) is 20.9. The Kier molecular flexibility index (Phi) is 38.3. The van der Waals surface area contributed by atoms with Crippen molar-refractivity contribution in [3.63, 3.8) is 0 Å². The molecule has 0 saturated heterocycles. The predicted octanol–water partition coefficient (Wildman–Crippen LogP) is 13.0. The highest BCUT2D eigenvalue weighted by atomic mass is 16.3. The molecule has 2 atom stereocenters. The number of allylic oxidation sites excluding steroid dienone is 4. The van der Waals surface area contributed by atoms with Crippen molar-refractivity contribution in [2.75, 3.05) is 33.7 Å². The van der Waals surface area contributed by atoms with E-state index in [1.807, 2.05) is 0 Å². The lowest BCUT2D eigenvalue weighted by molar-refractivity contribution is 0.0885. The van der Waals surface area contributed by atoms with Crippen LogP contribution < -0.4 is 5.32 Å². The maximum Gasteiger partial charge on any atom is 0.0580 e. The molecule has 0 rings (SSSR count). The van der Waals surface area contributed by atoms with Gasteiger partial charge in [0.15, 0.2) is 0 Å². The van der Waals surface area contributed by atoms with Crippen LogP contribution in [0.15, 0.2) is 24.3 Å². The molecule has 0 amide bonds. The van der Waals surface area contributed by atoms with Crippen LogP contribution in [-0.2, 0) is 0 Å². The number of aliphatic hydroxyl groups excluding tert-OH is 1. The van der Waals surface area contributed by atoms with Gasteiger partial charge in [-0.3, -0.25) is 0 Å². The Morgan fingerprint density at radius 1 is 0.478 bits per heavy atom. The number of rotatable bonds is 38. The van der Waals surface area contributed by atoms with Crippen LogP contribution in [-0.4, -0.2) is 49.8 Å². The Labute approximate surface area is 291 Å². The van der Waals surface area contributed by atoms with Gasteiger partial charge < -0.3 is 15.3 Å². The summed E-state index contributed by atoms with van der Waals surface area (Å²) in [5.74, 6) is 0.405. The van der Waals surface area contributed by atoms with E-state index in [4.69, 9.17) is 0 Å². The lowest BCUT2D eigenvalue weighted by Gasteiger charge is -2.24. The van der Waals surface area contributed by atoms with E-state index < -0.39 is 0 Å². The van der Waals surface area contributed by atoms with Gasteiger partial charge in [-0.15, -0.1) is 0 Å². The number of nitrogens with zero attached hydrogens (tertiary/aromatic N) is 1. The highest BCUT2D eigenvalue weighted by molar-refractivity contribution is 4.82. The highest BCUT2D eigenvalue weighted by Crippen LogP contribution is 2.20. The van der Waals surface area contributed by atoms with Crippen LogP contribution in [0.25, 0.3) is 0 Å². The summed E-state index contributed by atoms with van der Waals surface area (Å²) in [7, 11) is 4.27. The summed E-state index contributed by atoms with van der Waals surface area (Å²) in [6, 6.07) is 0. The monoisotopic (exact) mass is 647 g/mol. The third kappa shape index (κ3) is 36.2. The fraction of sp³-hybridized carbons (Fsp3) is 0.907. The van der Waals surface area contributed by atoms with E-state index in [9.17, 15) is 5.11 Å². The van der Waals surface area contributed by atoms with Crippen molar-refractivity contribution in [1.82, 2.24) is 10.2 Å². The Morgan fingerprint density at radius 2 is 0.826 bits per heavy atom. The minimum atomic E-state index is -0.147. The molecule has 0 aliphatic heterocycles. The van der Waals surface area contributed by atoms with Gasteiger partial charge in [-0.05, 0) is 84.2 Å². The number of aliphatic hydroxyl groups is 1. The minimum Gasteiger partial charge on any atom is -0.393 e. The molecule has 3 nitrogen and oxygen atoms in total. The number of unbranched alkanes of at least 4 members (excludes halogenated alkanes) is 24. The molecule has 0 saturated carbocycles. The van der Waals surface area contributed by atoms with Gasteiger partial charge in [0.2, 0.25) is 0 Å². The van der Waals surface area contributed by atoms with Gasteiger partial charge in [-0.2, -0.15) is 0 Å². The SMILES string of the molecule is CCCCCCCC/C=C\CCCCCCCCC(O)C(CCCCCCCC/C=C\CCCCCCCC)CNCCN(C)C. The molecule has 0 heterocycles. The second-order valence-electron chi connectivity index (χ2n) is 14.8. The average molecular weight is 647 g/mol. The van der Waals surface area contributed by atoms with E-state index in [0.717, 1.165) is 26.1 Å². The Hall–Kier alpha value is -0.640. The van der Waals surface area contributed by atoms with Gasteiger partial charge in [0.25, 0.3) is 0 Å². The number of hydrogen-bond acceptors (Lipinski definition) is 3. The van der Waals surface area contributed by atoms with E-state index in [-0.39, 0.29) is 6.10 Å². The van der Waals surface area contributed by atoms with Crippen LogP contribution >= 0.6 is 0 Å². The summed E-state index contributed by atoms with van der Waals surface area (Å²) in [6.45, 7) is 7.62. The summed E-state index contributed by atoms with van der Waals surface area (Å²) in [5.41, 5.74) is 0. The fourth-order valence-electron chi connectivity index (χ4n) is 6.51. The molecule has 0 fully saturated rings. The van der Waals surface area contributed by atoms with Crippen molar-refractivity contribution < 1.29 is 5.11 Å². The molecule has 0 spiro atoms. The lowest BCUT2D eigenvalue weighted by Crippen LogP contribution is -2.35. The van der Waals surface area contributed by atoms with E-state index in [0.29, 0.717) is 5.92 Å². The first-order valence-electron chi connectivity index (χ1n) is 20.9. The second kappa shape index (κ2) is 38.8. The molecule has 2 unspecified atom stereocenters. The van der Waals surface area contributed by atoms with Gasteiger partial charge >= 0.3 is 0 Å². The van der Waals surface area contributed by atoms with Crippen molar-refractivity contribution in [2.24, 2.45) is 5.92 Å². The third-order valence-electron chi connectivity index (χ3n) is 9.78. The summed E-state index contributed by atoms with van der Waals surface area (Å²) in [6.07, 6.45) is 49.4. The van der Waals surface area contributed by atoms with Crippen LogP contribution in [0, 0.1) is 5.92 Å². The maximum absolute atomic E-state index is 11.1. The van der Waals surface area contributed by atoms with E-state index in [1.165, 1.54) is 186 Å². The predicted molar refractivity (Wildman–Crippen MR) is 209 cm³/mol. The summed E-state index contributed by atoms with van der Waals surface area (Å²) in [4.78, 5) is 2.23.